The first kappa shape index (κ1) is 11.7. The maximum atomic E-state index is 8.88. The van der Waals surface area contributed by atoms with E-state index in [4.69, 9.17) is 19.2 Å². The molecule has 3 N–H and O–H groups in total. The van der Waals surface area contributed by atoms with E-state index in [-0.39, 0.29) is 0 Å². The summed E-state index contributed by atoms with van der Waals surface area (Å²) in [5.74, 6) is 0. The fourth-order valence-corrected chi connectivity index (χ4v) is 0.908. The molecule has 0 amide bonds. The maximum Gasteiger partial charge on any atom is 0.466 e. The van der Waals surface area contributed by atoms with Gasteiger partial charge in [0.1, 0.15) is 0 Å². The quantitative estimate of drug-likeness (QED) is 0.573. The monoisotopic (exact) mass is 228 g/mol. The van der Waals surface area contributed by atoms with E-state index in [1.807, 2.05) is 24.3 Å². The van der Waals surface area contributed by atoms with Crippen LogP contribution in [-0.4, -0.2) is 24.6 Å². The Hall–Kier alpha value is -1.33. The minimum atomic E-state index is -4.64. The third kappa shape index (κ3) is 5.19. The van der Waals surface area contributed by atoms with Crippen molar-refractivity contribution in [3.8, 4) is 0 Å². The van der Waals surface area contributed by atoms with Crippen molar-refractivity contribution < 1.29 is 19.2 Å². The number of aromatic nitrogens is 2. The molecule has 6 nitrogen and oxygen atoms in total. The summed E-state index contributed by atoms with van der Waals surface area (Å²) in [6, 6.07) is 7.80. The molecule has 0 saturated heterocycles. The van der Waals surface area contributed by atoms with Crippen LogP contribution >= 0.6 is 7.82 Å². The zero-order valence-corrected chi connectivity index (χ0v) is 8.45. The molecule has 0 spiro atoms. The lowest BCUT2D eigenvalue weighted by Crippen LogP contribution is -1.78. The Morgan fingerprint density at radius 2 is 1.40 bits per heavy atom. The molecule has 2 heterocycles. The number of fused-ring (bicyclic) bond motifs is 1. The van der Waals surface area contributed by atoms with Gasteiger partial charge in [0.05, 0.1) is 0 Å². The Morgan fingerprint density at radius 3 is 1.73 bits per heavy atom. The van der Waals surface area contributed by atoms with Crippen LogP contribution in [0.2, 0.25) is 0 Å². The lowest BCUT2D eigenvalue weighted by molar-refractivity contribution is 0.275. The summed E-state index contributed by atoms with van der Waals surface area (Å²) in [6.07, 6.45) is 3.49. The zero-order valence-electron chi connectivity index (χ0n) is 7.56. The largest absolute Gasteiger partial charge is 0.466 e. The second kappa shape index (κ2) is 4.95. The number of rotatable bonds is 0. The van der Waals surface area contributed by atoms with Crippen molar-refractivity contribution in [1.82, 2.24) is 9.97 Å². The highest BCUT2D eigenvalue weighted by molar-refractivity contribution is 7.45. The van der Waals surface area contributed by atoms with Crippen LogP contribution < -0.4 is 0 Å². The van der Waals surface area contributed by atoms with Crippen LogP contribution in [0.1, 0.15) is 0 Å². The normalized spacial score (nSPS) is 10.6. The molecule has 0 fully saturated rings. The second-order valence-corrected chi connectivity index (χ2v) is 3.59. The molecule has 0 atom stereocenters. The third-order valence-electron chi connectivity index (χ3n) is 1.38. The van der Waals surface area contributed by atoms with E-state index in [2.05, 4.69) is 9.97 Å². The van der Waals surface area contributed by atoms with Crippen molar-refractivity contribution in [1.29, 1.82) is 0 Å². The van der Waals surface area contributed by atoms with Gasteiger partial charge in [0.25, 0.3) is 0 Å². The standard InChI is InChI=1S/C8H6N2.H3O4P/c1-3-7-4-2-6-10-8(7)9-5-1;1-5(2,3)4/h1-6H;(H3,1,2,3,4). The SMILES string of the molecule is O=P(O)(O)O.c1cnc2ncccc2c1. The molecule has 0 bridgehead atoms. The summed E-state index contributed by atoms with van der Waals surface area (Å²) in [4.78, 5) is 29.7. The summed E-state index contributed by atoms with van der Waals surface area (Å²) in [7, 11) is -4.64. The molecule has 0 aliphatic heterocycles. The van der Waals surface area contributed by atoms with Crippen LogP contribution in [0.3, 0.4) is 0 Å². The molecule has 0 aliphatic rings. The van der Waals surface area contributed by atoms with Crippen LogP contribution in [0.4, 0.5) is 0 Å². The fraction of sp³-hybridized carbons (Fsp3) is 0. The molecule has 0 aliphatic carbocycles. The number of hydrogen-bond donors (Lipinski definition) is 3. The summed E-state index contributed by atoms with van der Waals surface area (Å²) in [5, 5.41) is 1.09. The van der Waals surface area contributed by atoms with E-state index in [0.29, 0.717) is 0 Å². The molecule has 0 unspecified atom stereocenters. The van der Waals surface area contributed by atoms with Crippen molar-refractivity contribution in [3.63, 3.8) is 0 Å². The van der Waals surface area contributed by atoms with Gasteiger partial charge in [-0.2, -0.15) is 0 Å². The minimum absolute atomic E-state index is 0.810. The second-order valence-electron chi connectivity index (χ2n) is 2.57. The first-order valence-electron chi connectivity index (χ1n) is 3.91. The van der Waals surface area contributed by atoms with Crippen LogP contribution in [0.5, 0.6) is 0 Å². The maximum absolute atomic E-state index is 8.88. The number of hydrogen-bond acceptors (Lipinski definition) is 3. The molecule has 15 heavy (non-hydrogen) atoms. The Labute approximate surface area is 85.5 Å². The van der Waals surface area contributed by atoms with Crippen molar-refractivity contribution in [2.45, 2.75) is 0 Å². The topological polar surface area (TPSA) is 104 Å². The van der Waals surface area contributed by atoms with Gasteiger partial charge in [-0.3, -0.25) is 0 Å². The summed E-state index contributed by atoms with van der Waals surface area (Å²) in [6.45, 7) is 0. The molecule has 2 rings (SSSR count). The predicted octanol–water partition coefficient (Wildman–Crippen LogP) is 0.701. The van der Waals surface area contributed by atoms with Crippen LogP contribution in [0, 0.1) is 0 Å². The van der Waals surface area contributed by atoms with E-state index in [0.717, 1.165) is 11.0 Å². The average molecular weight is 228 g/mol. The molecule has 0 radical (unpaired) electrons. The minimum Gasteiger partial charge on any atom is -0.303 e. The van der Waals surface area contributed by atoms with Gasteiger partial charge in [0, 0.05) is 17.8 Å². The molecular weight excluding hydrogens is 219 g/mol. The van der Waals surface area contributed by atoms with Gasteiger partial charge >= 0.3 is 7.82 Å². The highest BCUT2D eigenvalue weighted by Gasteiger charge is 2.00. The first-order valence-corrected chi connectivity index (χ1v) is 5.47. The molecule has 80 valence electrons. The third-order valence-corrected chi connectivity index (χ3v) is 1.38. The Kier molecular flexibility index (Phi) is 3.88. The Balaban J connectivity index is 0.000000195. The van der Waals surface area contributed by atoms with Crippen molar-refractivity contribution in [3.05, 3.63) is 36.7 Å². The van der Waals surface area contributed by atoms with E-state index < -0.39 is 7.82 Å². The summed E-state index contributed by atoms with van der Waals surface area (Å²) >= 11 is 0. The summed E-state index contributed by atoms with van der Waals surface area (Å²) < 4.78 is 8.88. The molecule has 2 aromatic heterocycles. The smallest absolute Gasteiger partial charge is 0.303 e. The predicted molar refractivity (Wildman–Crippen MR) is 53.8 cm³/mol. The van der Waals surface area contributed by atoms with E-state index in [1.165, 1.54) is 0 Å². The van der Waals surface area contributed by atoms with Gasteiger partial charge in [-0.1, -0.05) is 0 Å². The van der Waals surface area contributed by atoms with Crippen LogP contribution in [-0.2, 0) is 4.57 Å². The van der Waals surface area contributed by atoms with Crippen molar-refractivity contribution in [2.24, 2.45) is 0 Å². The van der Waals surface area contributed by atoms with E-state index in [9.17, 15) is 0 Å². The van der Waals surface area contributed by atoms with Crippen LogP contribution in [0.15, 0.2) is 36.7 Å². The lowest BCUT2D eigenvalue weighted by Gasteiger charge is -1.90. The lowest BCUT2D eigenvalue weighted by atomic mass is 10.3. The fourth-order valence-electron chi connectivity index (χ4n) is 0.908. The highest BCUT2D eigenvalue weighted by atomic mass is 31.2. The van der Waals surface area contributed by atoms with E-state index >= 15 is 0 Å². The zero-order chi connectivity index (χ0) is 11.3. The molecule has 0 saturated carbocycles. The van der Waals surface area contributed by atoms with Gasteiger partial charge in [-0.15, -0.1) is 0 Å². The number of phosphoric acid groups is 1. The van der Waals surface area contributed by atoms with E-state index in [1.54, 1.807) is 12.4 Å². The molecule has 7 heteroatoms. The van der Waals surface area contributed by atoms with Gasteiger partial charge in [0.15, 0.2) is 5.65 Å². The number of pyridine rings is 2. The molecule has 0 aromatic carbocycles. The Morgan fingerprint density at radius 1 is 1.00 bits per heavy atom. The highest BCUT2D eigenvalue weighted by Crippen LogP contribution is 2.25. The molecular formula is C8H9N2O4P. The summed E-state index contributed by atoms with van der Waals surface area (Å²) in [5.41, 5.74) is 0.810. The Bertz CT molecular complexity index is 411. The van der Waals surface area contributed by atoms with Crippen molar-refractivity contribution >= 4 is 18.9 Å². The molecule has 2 aromatic rings. The van der Waals surface area contributed by atoms with Crippen molar-refractivity contribution in [2.75, 3.05) is 0 Å². The van der Waals surface area contributed by atoms with Gasteiger partial charge in [-0.25, -0.2) is 14.5 Å². The average Bonchev–Trinajstić information content (AvgIpc) is 2.16. The van der Waals surface area contributed by atoms with Gasteiger partial charge in [0.2, 0.25) is 0 Å². The first-order chi connectivity index (χ1) is 6.97. The van der Waals surface area contributed by atoms with Gasteiger partial charge in [-0.05, 0) is 24.3 Å². The number of nitrogens with zero attached hydrogens (tertiary/aromatic N) is 2. The van der Waals surface area contributed by atoms with Gasteiger partial charge < -0.3 is 14.7 Å². The van der Waals surface area contributed by atoms with Crippen LogP contribution in [0.25, 0.3) is 11.0 Å².